The summed E-state index contributed by atoms with van der Waals surface area (Å²) < 4.78 is 40.4. The van der Waals surface area contributed by atoms with Crippen LogP contribution in [0.25, 0.3) is 27.7 Å². The highest BCUT2D eigenvalue weighted by Gasteiger charge is 2.22. The normalized spacial score (nSPS) is 14.2. The number of hydrogen-bond donors (Lipinski definition) is 2. The second-order valence-electron chi connectivity index (χ2n) is 8.23. The molecule has 11 nitrogen and oxygen atoms in total. The Bertz CT molecular complexity index is 1610. The Morgan fingerprint density at radius 1 is 1.18 bits per heavy atom. The van der Waals surface area contributed by atoms with Gasteiger partial charge in [-0.3, -0.25) is 4.72 Å². The molecule has 5 rings (SSSR count). The lowest BCUT2D eigenvalue weighted by Gasteiger charge is -2.28. The van der Waals surface area contributed by atoms with Crippen molar-refractivity contribution in [3.63, 3.8) is 0 Å². The van der Waals surface area contributed by atoms with Crippen LogP contribution in [0.3, 0.4) is 0 Å². The fourth-order valence-corrected chi connectivity index (χ4v) is 6.21. The van der Waals surface area contributed by atoms with Crippen LogP contribution < -0.4 is 14.4 Å². The van der Waals surface area contributed by atoms with E-state index in [-0.39, 0.29) is 4.90 Å². The molecule has 1 aromatic carbocycles. The first-order valence-corrected chi connectivity index (χ1v) is 13.8. The summed E-state index contributed by atoms with van der Waals surface area (Å²) in [6.07, 6.45) is 3.92. The Morgan fingerprint density at radius 2 is 2.00 bits per heavy atom. The van der Waals surface area contributed by atoms with Crippen molar-refractivity contribution >= 4 is 54.4 Å². The first-order valence-electron chi connectivity index (χ1n) is 11.5. The first-order chi connectivity index (χ1) is 18.3. The van der Waals surface area contributed by atoms with Crippen LogP contribution in [0.5, 0.6) is 5.88 Å². The van der Waals surface area contributed by atoms with Crippen LogP contribution in [0.1, 0.15) is 5.56 Å². The van der Waals surface area contributed by atoms with E-state index in [2.05, 4.69) is 14.6 Å². The molecule has 38 heavy (non-hydrogen) atoms. The van der Waals surface area contributed by atoms with Gasteiger partial charge in [0.25, 0.3) is 10.0 Å². The Labute approximate surface area is 222 Å². The van der Waals surface area contributed by atoms with Crippen molar-refractivity contribution in [2.75, 3.05) is 43.0 Å². The predicted octanol–water partition coefficient (Wildman–Crippen LogP) is 3.50. The molecule has 0 amide bonds. The Kier molecular flexibility index (Phi) is 7.22. The lowest BCUT2D eigenvalue weighted by molar-refractivity contribution is -0.131. The van der Waals surface area contributed by atoms with Crippen LogP contribution in [0, 0.1) is 0 Å². The zero-order chi connectivity index (χ0) is 26.7. The number of carboxylic acid groups (broad SMARTS) is 1. The van der Waals surface area contributed by atoms with Gasteiger partial charge >= 0.3 is 5.97 Å². The minimum atomic E-state index is -3.96. The highest BCUT2D eigenvalue weighted by atomic mass is 32.2. The third kappa shape index (κ3) is 5.59. The third-order valence-corrected chi connectivity index (χ3v) is 8.22. The predicted molar refractivity (Wildman–Crippen MR) is 144 cm³/mol. The quantitative estimate of drug-likeness (QED) is 0.311. The Morgan fingerprint density at radius 3 is 2.71 bits per heavy atom. The van der Waals surface area contributed by atoms with E-state index in [0.29, 0.717) is 65.5 Å². The van der Waals surface area contributed by atoms with E-state index >= 15 is 0 Å². The zero-order valence-corrected chi connectivity index (χ0v) is 21.8. The molecule has 196 valence electrons. The van der Waals surface area contributed by atoms with Gasteiger partial charge in [-0.25, -0.2) is 28.2 Å². The molecule has 0 aliphatic carbocycles. The van der Waals surface area contributed by atoms with Crippen LogP contribution in [-0.4, -0.2) is 67.9 Å². The number of anilines is 2. The van der Waals surface area contributed by atoms with Gasteiger partial charge < -0.3 is 19.5 Å². The lowest BCUT2D eigenvalue weighted by Crippen LogP contribution is -2.36. The van der Waals surface area contributed by atoms with E-state index in [1.807, 2.05) is 6.07 Å². The van der Waals surface area contributed by atoms with Gasteiger partial charge in [0.2, 0.25) is 5.88 Å². The first kappa shape index (κ1) is 25.6. The Balaban J connectivity index is 1.52. The summed E-state index contributed by atoms with van der Waals surface area (Å²) >= 11 is 1.24. The van der Waals surface area contributed by atoms with Crippen molar-refractivity contribution in [2.45, 2.75) is 4.90 Å². The van der Waals surface area contributed by atoms with E-state index in [4.69, 9.17) is 24.5 Å². The SMILES string of the molecule is COc1ccc(-c2nc(N3CCOCC3)c3sc(NS(=O)(=O)c4cccc(/C=C/C(=O)O)c4)cc3n2)cn1. The van der Waals surface area contributed by atoms with Crippen LogP contribution in [-0.2, 0) is 19.6 Å². The topological polar surface area (TPSA) is 144 Å². The number of carboxylic acids is 1. The van der Waals surface area contributed by atoms with Gasteiger partial charge in [-0.2, -0.15) is 0 Å². The monoisotopic (exact) mass is 553 g/mol. The summed E-state index contributed by atoms with van der Waals surface area (Å²) in [6, 6.07) is 11.3. The fourth-order valence-electron chi connectivity index (χ4n) is 3.86. The van der Waals surface area contributed by atoms with Gasteiger partial charge in [0.1, 0.15) is 5.00 Å². The number of nitrogens with zero attached hydrogens (tertiary/aromatic N) is 4. The number of methoxy groups -OCH3 is 1. The molecule has 0 spiro atoms. The van der Waals surface area contributed by atoms with Crippen molar-refractivity contribution < 1.29 is 27.8 Å². The maximum absolute atomic E-state index is 13.2. The van der Waals surface area contributed by atoms with Gasteiger partial charge in [-0.1, -0.05) is 12.1 Å². The lowest BCUT2D eigenvalue weighted by atomic mass is 10.2. The number of pyridine rings is 1. The maximum atomic E-state index is 13.2. The van der Waals surface area contributed by atoms with Gasteiger partial charge in [-0.05, 0) is 35.9 Å². The van der Waals surface area contributed by atoms with Gasteiger partial charge in [-0.15, -0.1) is 11.3 Å². The van der Waals surface area contributed by atoms with E-state index in [0.717, 1.165) is 10.8 Å². The molecule has 0 radical (unpaired) electrons. The number of benzene rings is 1. The molecular formula is C25H23N5O6S2. The average Bonchev–Trinajstić information content (AvgIpc) is 3.33. The summed E-state index contributed by atoms with van der Waals surface area (Å²) in [6.45, 7) is 2.40. The van der Waals surface area contributed by atoms with Crippen molar-refractivity contribution in [1.29, 1.82) is 0 Å². The number of fused-ring (bicyclic) bond motifs is 1. The summed E-state index contributed by atoms with van der Waals surface area (Å²) in [4.78, 5) is 26.7. The molecule has 1 saturated heterocycles. The van der Waals surface area contributed by atoms with E-state index in [9.17, 15) is 13.2 Å². The van der Waals surface area contributed by atoms with Crippen molar-refractivity contribution in [1.82, 2.24) is 15.0 Å². The van der Waals surface area contributed by atoms with Gasteiger partial charge in [0.05, 0.1) is 35.4 Å². The Hall–Kier alpha value is -4.07. The standard InChI is InChI=1S/C25H23N5O6S2/c1-35-20-7-6-17(15-26-20)24-27-19-14-21(37-23(19)25(28-24)30-9-11-36-12-10-30)29-38(33,34)18-4-2-3-16(13-18)5-8-22(31)32/h2-8,13-15,29H,9-12H2,1H3,(H,31,32)/b8-5+. The number of ether oxygens (including phenoxy) is 2. The number of rotatable bonds is 8. The molecule has 0 unspecified atom stereocenters. The number of morpholine rings is 1. The summed E-state index contributed by atoms with van der Waals surface area (Å²) in [5, 5.41) is 9.23. The molecular weight excluding hydrogens is 530 g/mol. The minimum absolute atomic E-state index is 0.00646. The van der Waals surface area contributed by atoms with Crippen molar-refractivity contribution in [2.24, 2.45) is 0 Å². The van der Waals surface area contributed by atoms with Crippen LogP contribution in [0.15, 0.2) is 59.6 Å². The number of thiophene rings is 1. The van der Waals surface area contributed by atoms with Crippen molar-refractivity contribution in [3.05, 3.63) is 60.3 Å². The second-order valence-corrected chi connectivity index (χ2v) is 11.0. The summed E-state index contributed by atoms with van der Waals surface area (Å²) in [7, 11) is -2.42. The largest absolute Gasteiger partial charge is 0.481 e. The summed E-state index contributed by atoms with van der Waals surface area (Å²) in [5.41, 5.74) is 1.74. The van der Waals surface area contributed by atoms with E-state index in [1.165, 1.54) is 36.7 Å². The number of nitrogens with one attached hydrogen (secondary N) is 1. The van der Waals surface area contributed by atoms with Crippen molar-refractivity contribution in [3.8, 4) is 17.3 Å². The second kappa shape index (κ2) is 10.7. The van der Waals surface area contributed by atoms with E-state index in [1.54, 1.807) is 30.5 Å². The molecule has 1 fully saturated rings. The molecule has 0 bridgehead atoms. The number of hydrogen-bond acceptors (Lipinski definition) is 10. The highest BCUT2D eigenvalue weighted by Crippen LogP contribution is 2.37. The van der Waals surface area contributed by atoms with Gasteiger partial charge in [0.15, 0.2) is 11.6 Å². The minimum Gasteiger partial charge on any atom is -0.481 e. The fraction of sp³-hybridized carbons (Fsp3) is 0.200. The van der Waals surface area contributed by atoms with Crippen LogP contribution >= 0.6 is 11.3 Å². The number of aliphatic carboxylic acids is 1. The molecule has 3 aromatic heterocycles. The molecule has 0 atom stereocenters. The zero-order valence-electron chi connectivity index (χ0n) is 20.2. The number of carbonyl (C=O) groups is 1. The molecule has 2 N–H and O–H groups in total. The van der Waals surface area contributed by atoms with Gasteiger partial charge in [0, 0.05) is 37.0 Å². The molecule has 13 heteroatoms. The van der Waals surface area contributed by atoms with Crippen LogP contribution in [0.4, 0.5) is 10.8 Å². The number of aromatic nitrogens is 3. The molecule has 1 aliphatic heterocycles. The molecule has 1 aliphatic rings. The summed E-state index contributed by atoms with van der Waals surface area (Å²) in [5.74, 6) is 0.501. The third-order valence-electron chi connectivity index (χ3n) is 5.69. The maximum Gasteiger partial charge on any atom is 0.328 e. The molecule has 4 aromatic rings. The highest BCUT2D eigenvalue weighted by molar-refractivity contribution is 7.93. The average molecular weight is 554 g/mol. The van der Waals surface area contributed by atoms with E-state index < -0.39 is 16.0 Å². The smallest absolute Gasteiger partial charge is 0.328 e. The molecule has 0 saturated carbocycles. The number of sulfonamides is 1. The van der Waals surface area contributed by atoms with Crippen LogP contribution in [0.2, 0.25) is 0 Å². The molecule has 4 heterocycles.